The van der Waals surface area contributed by atoms with E-state index >= 15 is 0 Å². The standard InChI is InChI=1S/C11H13N/c12-10-6-2-5-9-11-7-3-1-4-8-11/h1,3-4,7-8H,2,6,10,12H2. The molecular formula is C11H13N. The summed E-state index contributed by atoms with van der Waals surface area (Å²) in [5.41, 5.74) is 6.42. The van der Waals surface area contributed by atoms with Crippen molar-refractivity contribution in [2.24, 2.45) is 5.73 Å². The van der Waals surface area contributed by atoms with Crippen molar-refractivity contribution in [2.45, 2.75) is 12.8 Å². The van der Waals surface area contributed by atoms with Gasteiger partial charge in [0.1, 0.15) is 0 Å². The number of benzene rings is 1. The van der Waals surface area contributed by atoms with Crippen molar-refractivity contribution in [3.8, 4) is 11.8 Å². The van der Waals surface area contributed by atoms with Crippen molar-refractivity contribution in [2.75, 3.05) is 6.54 Å². The summed E-state index contributed by atoms with van der Waals surface area (Å²) in [6.07, 6.45) is 1.88. The zero-order valence-electron chi connectivity index (χ0n) is 7.09. The van der Waals surface area contributed by atoms with Crippen LogP contribution >= 0.6 is 0 Å². The SMILES string of the molecule is NCCCC#Cc1ccccc1. The van der Waals surface area contributed by atoms with Crippen LogP contribution in [0.2, 0.25) is 0 Å². The van der Waals surface area contributed by atoms with Crippen molar-refractivity contribution in [3.63, 3.8) is 0 Å². The largest absolute Gasteiger partial charge is 0.330 e. The molecule has 0 fully saturated rings. The average Bonchev–Trinajstić information content (AvgIpc) is 2.14. The van der Waals surface area contributed by atoms with E-state index in [1.165, 1.54) is 0 Å². The minimum atomic E-state index is 0.726. The van der Waals surface area contributed by atoms with E-state index in [0.29, 0.717) is 0 Å². The summed E-state index contributed by atoms with van der Waals surface area (Å²) in [6.45, 7) is 0.726. The monoisotopic (exact) mass is 159 g/mol. The van der Waals surface area contributed by atoms with Crippen LogP contribution in [-0.2, 0) is 0 Å². The summed E-state index contributed by atoms with van der Waals surface area (Å²) in [4.78, 5) is 0. The molecule has 0 radical (unpaired) electrons. The van der Waals surface area contributed by atoms with Crippen LogP contribution in [0.1, 0.15) is 18.4 Å². The van der Waals surface area contributed by atoms with Crippen molar-refractivity contribution < 1.29 is 0 Å². The van der Waals surface area contributed by atoms with Crippen molar-refractivity contribution in [1.29, 1.82) is 0 Å². The van der Waals surface area contributed by atoms with Gasteiger partial charge >= 0.3 is 0 Å². The van der Waals surface area contributed by atoms with Gasteiger partial charge in [-0.05, 0) is 25.1 Å². The van der Waals surface area contributed by atoms with E-state index in [-0.39, 0.29) is 0 Å². The predicted molar refractivity (Wildman–Crippen MR) is 51.6 cm³/mol. The molecule has 62 valence electrons. The molecule has 0 unspecified atom stereocenters. The molecule has 0 saturated heterocycles. The number of rotatable bonds is 2. The van der Waals surface area contributed by atoms with Crippen LogP contribution < -0.4 is 5.73 Å². The fraction of sp³-hybridized carbons (Fsp3) is 0.273. The highest BCUT2D eigenvalue weighted by atomic mass is 14.5. The van der Waals surface area contributed by atoms with Crippen molar-refractivity contribution in [3.05, 3.63) is 35.9 Å². The third-order valence-corrected chi connectivity index (χ3v) is 1.51. The molecule has 2 N–H and O–H groups in total. The van der Waals surface area contributed by atoms with Gasteiger partial charge in [-0.15, -0.1) is 0 Å². The lowest BCUT2D eigenvalue weighted by Gasteiger charge is -1.87. The third kappa shape index (κ3) is 3.23. The zero-order valence-corrected chi connectivity index (χ0v) is 7.09. The molecule has 1 aromatic rings. The maximum Gasteiger partial charge on any atom is 0.0245 e. The van der Waals surface area contributed by atoms with Gasteiger partial charge in [-0.25, -0.2) is 0 Å². The Morgan fingerprint density at radius 3 is 2.58 bits per heavy atom. The molecule has 1 aromatic carbocycles. The highest BCUT2D eigenvalue weighted by molar-refractivity contribution is 5.33. The first-order valence-corrected chi connectivity index (χ1v) is 4.17. The summed E-state index contributed by atoms with van der Waals surface area (Å²) < 4.78 is 0. The van der Waals surface area contributed by atoms with E-state index in [2.05, 4.69) is 11.8 Å². The summed E-state index contributed by atoms with van der Waals surface area (Å²) in [5, 5.41) is 0. The Morgan fingerprint density at radius 1 is 1.17 bits per heavy atom. The Kier molecular flexibility index (Phi) is 3.97. The van der Waals surface area contributed by atoms with Crippen LogP contribution in [-0.4, -0.2) is 6.54 Å². The average molecular weight is 159 g/mol. The Labute approximate surface area is 73.6 Å². The van der Waals surface area contributed by atoms with Crippen LogP contribution in [0.15, 0.2) is 30.3 Å². The Hall–Kier alpha value is -1.26. The molecule has 1 nitrogen and oxygen atoms in total. The summed E-state index contributed by atoms with van der Waals surface area (Å²) in [7, 11) is 0. The third-order valence-electron chi connectivity index (χ3n) is 1.51. The van der Waals surface area contributed by atoms with Crippen LogP contribution in [0.4, 0.5) is 0 Å². The molecule has 0 aliphatic heterocycles. The van der Waals surface area contributed by atoms with E-state index in [1.54, 1.807) is 0 Å². The van der Waals surface area contributed by atoms with E-state index in [4.69, 9.17) is 5.73 Å². The molecule has 0 amide bonds. The maximum absolute atomic E-state index is 5.34. The number of hydrogen-bond donors (Lipinski definition) is 1. The van der Waals surface area contributed by atoms with Gasteiger partial charge in [-0.3, -0.25) is 0 Å². The van der Waals surface area contributed by atoms with Crippen LogP contribution in [0.5, 0.6) is 0 Å². The zero-order chi connectivity index (χ0) is 8.65. The Balaban J connectivity index is 2.44. The lowest BCUT2D eigenvalue weighted by Crippen LogP contribution is -1.96. The molecule has 0 atom stereocenters. The smallest absolute Gasteiger partial charge is 0.0245 e. The fourth-order valence-corrected chi connectivity index (χ4v) is 0.876. The molecule has 0 aliphatic rings. The maximum atomic E-state index is 5.34. The molecule has 0 saturated carbocycles. The van der Waals surface area contributed by atoms with Gasteiger partial charge in [0.2, 0.25) is 0 Å². The van der Waals surface area contributed by atoms with Gasteiger partial charge in [0, 0.05) is 12.0 Å². The quantitative estimate of drug-likeness (QED) is 0.516. The van der Waals surface area contributed by atoms with Gasteiger partial charge in [-0.1, -0.05) is 30.0 Å². The second-order valence-electron chi connectivity index (χ2n) is 2.56. The van der Waals surface area contributed by atoms with E-state index in [0.717, 1.165) is 24.9 Å². The second-order valence-corrected chi connectivity index (χ2v) is 2.56. The predicted octanol–water partition coefficient (Wildman–Crippen LogP) is 1.78. The topological polar surface area (TPSA) is 26.0 Å². The van der Waals surface area contributed by atoms with Crippen LogP contribution in [0, 0.1) is 11.8 Å². The van der Waals surface area contributed by atoms with Gasteiger partial charge in [-0.2, -0.15) is 0 Å². The summed E-state index contributed by atoms with van der Waals surface area (Å²) >= 11 is 0. The van der Waals surface area contributed by atoms with Crippen LogP contribution in [0.3, 0.4) is 0 Å². The highest BCUT2D eigenvalue weighted by Gasteiger charge is 1.80. The van der Waals surface area contributed by atoms with Gasteiger partial charge < -0.3 is 5.73 Å². The normalized spacial score (nSPS) is 8.75. The van der Waals surface area contributed by atoms with Crippen molar-refractivity contribution in [1.82, 2.24) is 0 Å². The minimum Gasteiger partial charge on any atom is -0.330 e. The molecule has 0 aromatic heterocycles. The second kappa shape index (κ2) is 5.40. The van der Waals surface area contributed by atoms with Gasteiger partial charge in [0.05, 0.1) is 0 Å². The Bertz CT molecular complexity index is 266. The first kappa shape index (κ1) is 8.83. The summed E-state index contributed by atoms with van der Waals surface area (Å²) in [6, 6.07) is 10.00. The van der Waals surface area contributed by atoms with Gasteiger partial charge in [0.15, 0.2) is 0 Å². The van der Waals surface area contributed by atoms with Crippen LogP contribution in [0.25, 0.3) is 0 Å². The van der Waals surface area contributed by atoms with E-state index in [1.807, 2.05) is 30.3 Å². The molecule has 1 rings (SSSR count). The van der Waals surface area contributed by atoms with E-state index in [9.17, 15) is 0 Å². The molecule has 1 heteroatoms. The fourth-order valence-electron chi connectivity index (χ4n) is 0.876. The molecule has 0 heterocycles. The number of unbranched alkanes of at least 4 members (excludes halogenated alkanes) is 1. The lowest BCUT2D eigenvalue weighted by molar-refractivity contribution is 0.870. The first-order valence-electron chi connectivity index (χ1n) is 4.17. The van der Waals surface area contributed by atoms with Crippen molar-refractivity contribution >= 4 is 0 Å². The minimum absolute atomic E-state index is 0.726. The summed E-state index contributed by atoms with van der Waals surface area (Å²) in [5.74, 6) is 6.15. The lowest BCUT2D eigenvalue weighted by atomic mass is 10.2. The Morgan fingerprint density at radius 2 is 1.92 bits per heavy atom. The van der Waals surface area contributed by atoms with E-state index < -0.39 is 0 Å². The number of hydrogen-bond acceptors (Lipinski definition) is 1. The molecule has 0 spiro atoms. The molecular weight excluding hydrogens is 146 g/mol. The molecule has 12 heavy (non-hydrogen) atoms. The first-order chi connectivity index (χ1) is 5.93. The number of nitrogens with two attached hydrogens (primary N) is 1. The van der Waals surface area contributed by atoms with Gasteiger partial charge in [0.25, 0.3) is 0 Å². The molecule has 0 aliphatic carbocycles. The highest BCUT2D eigenvalue weighted by Crippen LogP contribution is 1.95. The molecule has 0 bridgehead atoms.